The minimum atomic E-state index is -0.517. The van der Waals surface area contributed by atoms with Crippen LogP contribution in [0.1, 0.15) is 43.4 Å². The molecule has 2 aromatic carbocycles. The number of nitrogens with zero attached hydrogens (tertiary/aromatic N) is 1. The fourth-order valence-corrected chi connectivity index (χ4v) is 4.26. The van der Waals surface area contributed by atoms with Crippen LogP contribution in [0.25, 0.3) is 0 Å². The van der Waals surface area contributed by atoms with Gasteiger partial charge in [-0.15, -0.1) is 11.8 Å². The van der Waals surface area contributed by atoms with Crippen molar-refractivity contribution in [2.75, 3.05) is 12.3 Å². The van der Waals surface area contributed by atoms with Crippen molar-refractivity contribution in [3.05, 3.63) is 69.7 Å². The smallest absolute Gasteiger partial charge is 0.242 e. The number of unbranched alkanes of at least 4 members (excludes halogenated alkanes) is 1. The van der Waals surface area contributed by atoms with Gasteiger partial charge in [0.15, 0.2) is 0 Å². The molecule has 0 saturated carbocycles. The summed E-state index contributed by atoms with van der Waals surface area (Å²) in [5.41, 5.74) is 3.47. The second kappa shape index (κ2) is 12.8. The number of aryl methyl sites for hydroxylation is 1. The van der Waals surface area contributed by atoms with Crippen molar-refractivity contribution in [2.45, 2.75) is 52.0 Å². The van der Waals surface area contributed by atoms with Gasteiger partial charge in [0.1, 0.15) is 6.04 Å². The Bertz CT molecular complexity index is 826. The van der Waals surface area contributed by atoms with Gasteiger partial charge in [0.25, 0.3) is 0 Å². The number of thioether (sulfide) groups is 1. The molecule has 2 amide bonds. The van der Waals surface area contributed by atoms with E-state index in [-0.39, 0.29) is 11.8 Å². The molecule has 0 aliphatic rings. The lowest BCUT2D eigenvalue weighted by atomic mass is 10.1. The number of nitrogens with one attached hydrogen (secondary N) is 1. The Hall–Kier alpha value is -1.79. The van der Waals surface area contributed by atoms with Crippen molar-refractivity contribution < 1.29 is 9.59 Å². The Morgan fingerprint density at radius 3 is 2.50 bits per heavy atom. The van der Waals surface area contributed by atoms with Crippen LogP contribution in [-0.2, 0) is 21.9 Å². The maximum absolute atomic E-state index is 13.1. The summed E-state index contributed by atoms with van der Waals surface area (Å²) in [7, 11) is 0. The monoisotopic (exact) mass is 490 g/mol. The number of hydrogen-bond donors (Lipinski definition) is 1. The number of rotatable bonds is 11. The van der Waals surface area contributed by atoms with Gasteiger partial charge in [-0.2, -0.15) is 0 Å². The van der Waals surface area contributed by atoms with Crippen molar-refractivity contribution in [3.63, 3.8) is 0 Å². The average molecular weight is 491 g/mol. The molecule has 0 aliphatic heterocycles. The fourth-order valence-electron chi connectivity index (χ4n) is 3.01. The van der Waals surface area contributed by atoms with Gasteiger partial charge < -0.3 is 10.2 Å². The molecule has 0 saturated heterocycles. The predicted molar refractivity (Wildman–Crippen MR) is 129 cm³/mol. The van der Waals surface area contributed by atoms with E-state index < -0.39 is 6.04 Å². The second-order valence-corrected chi connectivity index (χ2v) is 9.29. The highest BCUT2D eigenvalue weighted by atomic mass is 79.9. The molecular weight excluding hydrogens is 460 g/mol. The van der Waals surface area contributed by atoms with E-state index in [1.807, 2.05) is 43.3 Å². The minimum Gasteiger partial charge on any atom is -0.354 e. The zero-order valence-electron chi connectivity index (χ0n) is 18.0. The molecule has 0 spiro atoms. The molecule has 0 unspecified atom stereocenters. The molecule has 0 aliphatic carbocycles. The van der Waals surface area contributed by atoms with E-state index in [2.05, 4.69) is 47.2 Å². The molecule has 6 heteroatoms. The molecule has 1 N–H and O–H groups in total. The largest absolute Gasteiger partial charge is 0.354 e. The van der Waals surface area contributed by atoms with Crippen molar-refractivity contribution in [3.8, 4) is 0 Å². The van der Waals surface area contributed by atoms with Crippen molar-refractivity contribution >= 4 is 39.5 Å². The van der Waals surface area contributed by atoms with Gasteiger partial charge >= 0.3 is 0 Å². The number of carbonyl (C=O) groups excluding carboxylic acids is 2. The first-order chi connectivity index (χ1) is 14.4. The van der Waals surface area contributed by atoms with Gasteiger partial charge in [-0.05, 0) is 49.1 Å². The van der Waals surface area contributed by atoms with Gasteiger partial charge in [-0.3, -0.25) is 9.59 Å². The number of halogens is 1. The van der Waals surface area contributed by atoms with Crippen molar-refractivity contribution in [1.29, 1.82) is 0 Å². The third kappa shape index (κ3) is 7.80. The third-order valence-corrected chi connectivity index (χ3v) is 6.50. The lowest BCUT2D eigenvalue weighted by Crippen LogP contribution is -2.48. The normalized spacial score (nSPS) is 11.7. The Balaban J connectivity index is 2.04. The lowest BCUT2D eigenvalue weighted by Gasteiger charge is -2.29. The quantitative estimate of drug-likeness (QED) is 0.433. The zero-order valence-corrected chi connectivity index (χ0v) is 20.4. The second-order valence-electron chi connectivity index (χ2n) is 7.39. The molecule has 0 bridgehead atoms. The molecule has 0 heterocycles. The molecule has 4 nitrogen and oxygen atoms in total. The summed E-state index contributed by atoms with van der Waals surface area (Å²) in [6.45, 7) is 7.04. The van der Waals surface area contributed by atoms with Crippen molar-refractivity contribution in [2.24, 2.45) is 0 Å². The zero-order chi connectivity index (χ0) is 21.9. The van der Waals surface area contributed by atoms with E-state index in [1.165, 1.54) is 11.1 Å². The highest BCUT2D eigenvalue weighted by molar-refractivity contribution is 9.10. The molecule has 0 radical (unpaired) electrons. The summed E-state index contributed by atoms with van der Waals surface area (Å²) < 4.78 is 0.989. The first-order valence-electron chi connectivity index (χ1n) is 10.4. The number of amides is 2. The Kier molecular flexibility index (Phi) is 10.4. The summed E-state index contributed by atoms with van der Waals surface area (Å²) in [6.07, 6.45) is 1.96. The predicted octanol–water partition coefficient (Wildman–Crippen LogP) is 5.32. The first-order valence-corrected chi connectivity index (χ1v) is 12.3. The summed E-state index contributed by atoms with van der Waals surface area (Å²) in [4.78, 5) is 27.4. The third-order valence-electron chi connectivity index (χ3n) is 5.01. The molecule has 2 rings (SSSR count). The topological polar surface area (TPSA) is 49.4 Å². The number of hydrogen-bond acceptors (Lipinski definition) is 3. The Morgan fingerprint density at radius 1 is 1.13 bits per heavy atom. The van der Waals surface area contributed by atoms with Crippen molar-refractivity contribution in [1.82, 2.24) is 10.2 Å². The first kappa shape index (κ1) is 24.5. The van der Waals surface area contributed by atoms with Gasteiger partial charge in [0, 0.05) is 23.3 Å². The average Bonchev–Trinajstić information content (AvgIpc) is 2.74. The van der Waals surface area contributed by atoms with Crippen LogP contribution >= 0.6 is 27.7 Å². The van der Waals surface area contributed by atoms with Gasteiger partial charge in [0.2, 0.25) is 11.8 Å². The molecule has 162 valence electrons. The van der Waals surface area contributed by atoms with E-state index in [4.69, 9.17) is 0 Å². The summed E-state index contributed by atoms with van der Waals surface area (Å²) >= 11 is 5.03. The van der Waals surface area contributed by atoms with Crippen LogP contribution in [-0.4, -0.2) is 35.1 Å². The van der Waals surface area contributed by atoms with Crippen LogP contribution in [0.2, 0.25) is 0 Å². The standard InChI is InChI=1S/C24H31BrN2O2S/c1-4-5-14-26-24(29)19(3)27(15-20-10-12-22(25)13-11-20)23(28)17-30-16-21-9-7-6-8-18(21)2/h6-13,19H,4-5,14-17H2,1-3H3,(H,26,29)/t19-/m1/s1. The van der Waals surface area contributed by atoms with Crippen LogP contribution in [0.4, 0.5) is 0 Å². The van der Waals surface area contributed by atoms with E-state index in [1.54, 1.807) is 16.7 Å². The van der Waals surface area contributed by atoms with Crippen LogP contribution in [0.5, 0.6) is 0 Å². The van der Waals surface area contributed by atoms with E-state index in [0.717, 1.165) is 28.6 Å². The molecule has 0 aromatic heterocycles. The van der Waals surface area contributed by atoms with E-state index >= 15 is 0 Å². The van der Waals surface area contributed by atoms with Crippen LogP contribution < -0.4 is 5.32 Å². The van der Waals surface area contributed by atoms with Crippen LogP contribution in [0, 0.1) is 6.92 Å². The lowest BCUT2D eigenvalue weighted by molar-refractivity contribution is -0.138. The highest BCUT2D eigenvalue weighted by Gasteiger charge is 2.25. The Morgan fingerprint density at radius 2 is 1.83 bits per heavy atom. The maximum Gasteiger partial charge on any atom is 0.242 e. The molecule has 0 fully saturated rings. The minimum absolute atomic E-state index is 0.0188. The molecular formula is C24H31BrN2O2S. The SMILES string of the molecule is CCCCNC(=O)[C@@H](C)N(Cc1ccc(Br)cc1)C(=O)CSCc1ccccc1C. The molecule has 2 aromatic rings. The molecule has 30 heavy (non-hydrogen) atoms. The summed E-state index contributed by atoms with van der Waals surface area (Å²) in [5, 5.41) is 2.96. The number of benzene rings is 2. The highest BCUT2D eigenvalue weighted by Crippen LogP contribution is 2.19. The maximum atomic E-state index is 13.1. The summed E-state index contributed by atoms with van der Waals surface area (Å²) in [6, 6.07) is 15.6. The summed E-state index contributed by atoms with van der Waals surface area (Å²) in [5.74, 6) is 1.01. The van der Waals surface area contributed by atoms with Gasteiger partial charge in [-0.25, -0.2) is 0 Å². The van der Waals surface area contributed by atoms with E-state index in [9.17, 15) is 9.59 Å². The Labute approximate surface area is 192 Å². The van der Waals surface area contributed by atoms with E-state index in [0.29, 0.717) is 18.8 Å². The van der Waals surface area contributed by atoms with Crippen LogP contribution in [0.3, 0.4) is 0 Å². The van der Waals surface area contributed by atoms with Crippen LogP contribution in [0.15, 0.2) is 53.0 Å². The number of carbonyl (C=O) groups is 2. The fraction of sp³-hybridized carbons (Fsp3) is 0.417. The van der Waals surface area contributed by atoms with Gasteiger partial charge in [-0.1, -0.05) is 65.7 Å². The molecule has 1 atom stereocenters. The van der Waals surface area contributed by atoms with Gasteiger partial charge in [0.05, 0.1) is 5.75 Å².